The van der Waals surface area contributed by atoms with Crippen LogP contribution in [0.15, 0.2) is 71.5 Å². The Kier molecular flexibility index (Phi) is 5.43. The molecule has 1 heterocycles. The number of rotatable bonds is 6. The fraction of sp³-hybridized carbons (Fsp3) is 0.150. The van der Waals surface area contributed by atoms with Crippen LogP contribution in [0.5, 0.6) is 5.75 Å². The molecule has 3 rings (SSSR count). The van der Waals surface area contributed by atoms with Crippen molar-refractivity contribution < 1.29 is 9.53 Å². The molecule has 0 bridgehead atoms. The summed E-state index contributed by atoms with van der Waals surface area (Å²) in [5.74, 6) is 0.348. The third-order valence-electron chi connectivity index (χ3n) is 3.72. The van der Waals surface area contributed by atoms with Crippen molar-refractivity contribution in [3.05, 3.63) is 88.3 Å². The number of hydrogen-bond acceptors (Lipinski definition) is 4. The number of amides is 1. The van der Waals surface area contributed by atoms with Crippen molar-refractivity contribution >= 4 is 11.6 Å². The SMILES string of the molecule is Cc1ccc(NC(=O)c2ccc(=O)n(CCOc3ccccc3)n2)cc1. The van der Waals surface area contributed by atoms with Crippen LogP contribution in [-0.2, 0) is 6.54 Å². The fourth-order valence-corrected chi connectivity index (χ4v) is 2.33. The van der Waals surface area contributed by atoms with Gasteiger partial charge in [0.2, 0.25) is 0 Å². The molecule has 0 aliphatic rings. The number of para-hydroxylation sites is 1. The van der Waals surface area contributed by atoms with Gasteiger partial charge in [0, 0.05) is 11.8 Å². The van der Waals surface area contributed by atoms with E-state index in [1.165, 1.54) is 16.8 Å². The number of aryl methyl sites for hydroxylation is 1. The molecule has 0 unspecified atom stereocenters. The van der Waals surface area contributed by atoms with Gasteiger partial charge in [-0.05, 0) is 37.3 Å². The molecule has 0 saturated carbocycles. The molecule has 1 N–H and O–H groups in total. The first kappa shape index (κ1) is 17.4. The third kappa shape index (κ3) is 4.57. The van der Waals surface area contributed by atoms with E-state index in [4.69, 9.17) is 4.74 Å². The number of aromatic nitrogens is 2. The number of carbonyl (C=O) groups excluding carboxylic acids is 1. The highest BCUT2D eigenvalue weighted by molar-refractivity contribution is 6.02. The minimum atomic E-state index is -0.369. The Morgan fingerprint density at radius 3 is 2.50 bits per heavy atom. The highest BCUT2D eigenvalue weighted by atomic mass is 16.5. The molecular weight excluding hydrogens is 330 g/mol. The molecule has 2 aromatic carbocycles. The van der Waals surface area contributed by atoms with E-state index < -0.39 is 0 Å². The van der Waals surface area contributed by atoms with Crippen LogP contribution < -0.4 is 15.6 Å². The predicted octanol–water partition coefficient (Wildman–Crippen LogP) is 2.88. The number of benzene rings is 2. The first-order valence-corrected chi connectivity index (χ1v) is 8.26. The molecule has 0 fully saturated rings. The molecule has 0 radical (unpaired) electrons. The van der Waals surface area contributed by atoms with Gasteiger partial charge in [0.15, 0.2) is 0 Å². The van der Waals surface area contributed by atoms with Gasteiger partial charge in [-0.25, -0.2) is 4.68 Å². The van der Waals surface area contributed by atoms with Crippen molar-refractivity contribution in [3.8, 4) is 5.75 Å². The van der Waals surface area contributed by atoms with Crippen LogP contribution in [0.4, 0.5) is 5.69 Å². The Hall–Kier alpha value is -3.41. The van der Waals surface area contributed by atoms with Crippen LogP contribution >= 0.6 is 0 Å². The maximum absolute atomic E-state index is 12.3. The van der Waals surface area contributed by atoms with Crippen molar-refractivity contribution in [2.75, 3.05) is 11.9 Å². The number of nitrogens with zero attached hydrogens (tertiary/aromatic N) is 2. The Morgan fingerprint density at radius 2 is 1.77 bits per heavy atom. The lowest BCUT2D eigenvalue weighted by molar-refractivity contribution is 0.101. The largest absolute Gasteiger partial charge is 0.492 e. The molecule has 1 aromatic heterocycles. The van der Waals surface area contributed by atoms with Crippen LogP contribution in [0, 0.1) is 6.92 Å². The molecule has 0 aliphatic heterocycles. The lowest BCUT2D eigenvalue weighted by Gasteiger charge is -2.09. The second-order valence-corrected chi connectivity index (χ2v) is 5.76. The van der Waals surface area contributed by atoms with Gasteiger partial charge in [-0.3, -0.25) is 9.59 Å². The monoisotopic (exact) mass is 349 g/mol. The van der Waals surface area contributed by atoms with Crippen LogP contribution in [0.1, 0.15) is 16.1 Å². The molecule has 6 heteroatoms. The number of ether oxygens (including phenoxy) is 1. The maximum atomic E-state index is 12.3. The second kappa shape index (κ2) is 8.11. The number of anilines is 1. The normalized spacial score (nSPS) is 10.3. The molecule has 0 aliphatic carbocycles. The molecule has 26 heavy (non-hydrogen) atoms. The molecule has 132 valence electrons. The van der Waals surface area contributed by atoms with E-state index in [0.29, 0.717) is 11.4 Å². The summed E-state index contributed by atoms with van der Waals surface area (Å²) < 4.78 is 6.80. The smallest absolute Gasteiger partial charge is 0.276 e. The summed E-state index contributed by atoms with van der Waals surface area (Å²) in [5.41, 5.74) is 1.67. The average Bonchev–Trinajstić information content (AvgIpc) is 2.66. The minimum absolute atomic E-state index is 0.171. The lowest BCUT2D eigenvalue weighted by Crippen LogP contribution is -2.28. The number of nitrogens with one attached hydrogen (secondary N) is 1. The Bertz CT molecular complexity index is 935. The Labute approximate surface area is 151 Å². The first-order chi connectivity index (χ1) is 12.6. The van der Waals surface area contributed by atoms with Crippen LogP contribution in [0.2, 0.25) is 0 Å². The molecular formula is C20H19N3O3. The Morgan fingerprint density at radius 1 is 1.04 bits per heavy atom. The molecule has 1 amide bonds. The van der Waals surface area contributed by atoms with Gasteiger partial charge in [-0.15, -0.1) is 0 Å². The van der Waals surface area contributed by atoms with E-state index in [1.54, 1.807) is 0 Å². The van der Waals surface area contributed by atoms with Crippen molar-refractivity contribution in [1.29, 1.82) is 0 Å². The van der Waals surface area contributed by atoms with Crippen LogP contribution in [-0.4, -0.2) is 22.3 Å². The van der Waals surface area contributed by atoms with Gasteiger partial charge in [-0.2, -0.15) is 5.10 Å². The highest BCUT2D eigenvalue weighted by Crippen LogP contribution is 2.10. The van der Waals surface area contributed by atoms with Crippen molar-refractivity contribution in [2.45, 2.75) is 13.5 Å². The number of hydrogen-bond donors (Lipinski definition) is 1. The van der Waals surface area contributed by atoms with Gasteiger partial charge in [0.1, 0.15) is 18.1 Å². The minimum Gasteiger partial charge on any atom is -0.492 e. The predicted molar refractivity (Wildman–Crippen MR) is 99.6 cm³/mol. The first-order valence-electron chi connectivity index (χ1n) is 8.26. The Balaban J connectivity index is 1.65. The maximum Gasteiger partial charge on any atom is 0.276 e. The van der Waals surface area contributed by atoms with Crippen molar-refractivity contribution in [3.63, 3.8) is 0 Å². The summed E-state index contributed by atoms with van der Waals surface area (Å²) in [4.78, 5) is 24.3. The fourth-order valence-electron chi connectivity index (χ4n) is 2.33. The van der Waals surface area contributed by atoms with E-state index in [-0.39, 0.29) is 30.3 Å². The van der Waals surface area contributed by atoms with Gasteiger partial charge < -0.3 is 10.1 Å². The summed E-state index contributed by atoms with van der Waals surface area (Å²) in [5, 5.41) is 6.90. The van der Waals surface area contributed by atoms with Gasteiger partial charge in [-0.1, -0.05) is 35.9 Å². The molecule has 0 saturated heterocycles. The van der Waals surface area contributed by atoms with E-state index in [0.717, 1.165) is 5.56 Å². The zero-order valence-electron chi connectivity index (χ0n) is 14.4. The van der Waals surface area contributed by atoms with Crippen LogP contribution in [0.25, 0.3) is 0 Å². The van der Waals surface area contributed by atoms with Gasteiger partial charge in [0.25, 0.3) is 11.5 Å². The van der Waals surface area contributed by atoms with E-state index in [1.807, 2.05) is 61.5 Å². The van der Waals surface area contributed by atoms with E-state index in [9.17, 15) is 9.59 Å². The number of carbonyl (C=O) groups is 1. The second-order valence-electron chi connectivity index (χ2n) is 5.76. The summed E-state index contributed by atoms with van der Waals surface area (Å²) >= 11 is 0. The molecule has 0 atom stereocenters. The van der Waals surface area contributed by atoms with Gasteiger partial charge >= 0.3 is 0 Å². The quantitative estimate of drug-likeness (QED) is 0.743. The molecule has 3 aromatic rings. The average molecular weight is 349 g/mol. The summed E-state index contributed by atoms with van der Waals surface area (Å²) in [6.07, 6.45) is 0. The van der Waals surface area contributed by atoms with E-state index >= 15 is 0 Å². The summed E-state index contributed by atoms with van der Waals surface area (Å²) in [6.45, 7) is 2.50. The lowest BCUT2D eigenvalue weighted by atomic mass is 10.2. The standard InChI is InChI=1S/C20H19N3O3/c1-15-7-9-16(10-8-15)21-20(25)18-11-12-19(24)23(22-18)13-14-26-17-5-3-2-4-6-17/h2-12H,13-14H2,1H3,(H,21,25). The van der Waals surface area contributed by atoms with Crippen LogP contribution in [0.3, 0.4) is 0 Å². The summed E-state index contributed by atoms with van der Waals surface area (Å²) in [6, 6.07) is 19.5. The zero-order chi connectivity index (χ0) is 18.4. The third-order valence-corrected chi connectivity index (χ3v) is 3.72. The van der Waals surface area contributed by atoms with Crippen molar-refractivity contribution in [2.24, 2.45) is 0 Å². The van der Waals surface area contributed by atoms with Gasteiger partial charge in [0.05, 0.1) is 6.54 Å². The van der Waals surface area contributed by atoms with Crippen molar-refractivity contribution in [1.82, 2.24) is 9.78 Å². The highest BCUT2D eigenvalue weighted by Gasteiger charge is 2.10. The zero-order valence-corrected chi connectivity index (χ0v) is 14.4. The van der Waals surface area contributed by atoms with E-state index in [2.05, 4.69) is 10.4 Å². The summed E-state index contributed by atoms with van der Waals surface area (Å²) in [7, 11) is 0. The molecule has 0 spiro atoms. The molecule has 6 nitrogen and oxygen atoms in total. The topological polar surface area (TPSA) is 73.2 Å².